The van der Waals surface area contributed by atoms with Crippen LogP contribution in [0.3, 0.4) is 0 Å². The van der Waals surface area contributed by atoms with E-state index in [9.17, 15) is 14.7 Å². The number of Topliss-reactive ketones (excluding diaryl/α,β-unsaturated/α-hetero) is 2. The quantitative estimate of drug-likeness (QED) is 0.156. The minimum atomic E-state index is -0.105. The van der Waals surface area contributed by atoms with E-state index in [0.717, 1.165) is 18.3 Å². The van der Waals surface area contributed by atoms with Gasteiger partial charge in [-0.25, -0.2) is 0 Å². The fourth-order valence-corrected chi connectivity index (χ4v) is 3.02. The highest BCUT2D eigenvalue weighted by atomic mass is 127. The number of benzene rings is 2. The number of hydrogen-bond donors (Lipinski definition) is 1. The Bertz CT molecular complexity index is 885. The maximum atomic E-state index is 11.4. The number of phenols is 1. The summed E-state index contributed by atoms with van der Waals surface area (Å²) >= 11 is 9.29. The second-order valence-electron chi connectivity index (χ2n) is 6.28. The van der Waals surface area contributed by atoms with Crippen LogP contribution in [0.5, 0.6) is 11.5 Å². The van der Waals surface area contributed by atoms with Gasteiger partial charge in [0, 0.05) is 21.4 Å². The third-order valence-corrected chi connectivity index (χ3v) is 6.28. The van der Waals surface area contributed by atoms with E-state index >= 15 is 0 Å². The van der Waals surface area contributed by atoms with Crippen molar-refractivity contribution in [2.75, 3.05) is 27.1 Å². The standard InChI is InChI=1S/C11H13IO3.C9H9IO2.C2H5ClO.CH4/c1-7-4-9(8(2)13)11(5-10(7)12)15-6-14-3;1-5-3-7(6(2)11)9(12)4-8(5)10;1-4-2-3;/h4-5H,6H2,1-3H3;3-4,12H,1-2H3;2H2,1H3;1H4. The molecule has 6 nitrogen and oxygen atoms in total. The molecule has 0 heterocycles. The number of alkyl halides is 1. The van der Waals surface area contributed by atoms with Gasteiger partial charge in [0.15, 0.2) is 18.4 Å². The van der Waals surface area contributed by atoms with Crippen molar-refractivity contribution in [1.82, 2.24) is 0 Å². The molecule has 180 valence electrons. The van der Waals surface area contributed by atoms with Gasteiger partial charge >= 0.3 is 0 Å². The summed E-state index contributed by atoms with van der Waals surface area (Å²) in [5.74, 6) is 0.546. The molecule has 0 radical (unpaired) electrons. The molecule has 0 atom stereocenters. The van der Waals surface area contributed by atoms with E-state index in [4.69, 9.17) is 21.1 Å². The number of aryl methyl sites for hydroxylation is 2. The Morgan fingerprint density at radius 2 is 1.34 bits per heavy atom. The molecule has 2 rings (SSSR count). The number of rotatable bonds is 6. The SMILES string of the molecule is C.CC(=O)c1cc(C)c(I)cc1O.COCCl.COCOc1cc(I)c(C)cc1C(C)=O. The Hall–Kier alpha value is -0.950. The lowest BCUT2D eigenvalue weighted by molar-refractivity contribution is 0.0502. The molecule has 0 bridgehead atoms. The number of halogens is 3. The van der Waals surface area contributed by atoms with Crippen LogP contribution in [0, 0.1) is 21.0 Å². The molecule has 0 aliphatic carbocycles. The second kappa shape index (κ2) is 17.5. The van der Waals surface area contributed by atoms with Gasteiger partial charge in [0.1, 0.15) is 17.6 Å². The summed E-state index contributed by atoms with van der Waals surface area (Å²) in [7, 11) is 3.10. The molecule has 0 saturated heterocycles. The third kappa shape index (κ3) is 11.8. The van der Waals surface area contributed by atoms with Gasteiger partial charge < -0.3 is 19.3 Å². The highest BCUT2D eigenvalue weighted by Crippen LogP contribution is 2.25. The number of carbonyl (C=O) groups is 2. The Morgan fingerprint density at radius 3 is 1.75 bits per heavy atom. The summed E-state index contributed by atoms with van der Waals surface area (Å²) in [6, 6.07) is 7.30. The molecule has 0 aliphatic rings. The molecular formula is C23H31ClI2O6. The van der Waals surface area contributed by atoms with E-state index in [1.165, 1.54) is 13.8 Å². The van der Waals surface area contributed by atoms with Crippen molar-refractivity contribution in [2.24, 2.45) is 0 Å². The van der Waals surface area contributed by atoms with Crippen LogP contribution in [0.2, 0.25) is 0 Å². The predicted molar refractivity (Wildman–Crippen MR) is 146 cm³/mol. The Balaban J connectivity index is 0. The van der Waals surface area contributed by atoms with E-state index in [1.807, 2.05) is 26.0 Å². The average Bonchev–Trinajstić information content (AvgIpc) is 2.71. The van der Waals surface area contributed by atoms with E-state index in [1.54, 1.807) is 26.4 Å². The van der Waals surface area contributed by atoms with Crippen molar-refractivity contribution in [3.63, 3.8) is 0 Å². The fraction of sp³-hybridized carbons (Fsp3) is 0.391. The molecule has 0 saturated carbocycles. The Labute approximate surface area is 223 Å². The monoisotopic (exact) mass is 692 g/mol. The first-order valence-electron chi connectivity index (χ1n) is 8.97. The molecule has 0 spiro atoms. The van der Waals surface area contributed by atoms with Gasteiger partial charge in [0.25, 0.3) is 0 Å². The fourth-order valence-electron chi connectivity index (χ4n) is 2.13. The minimum absolute atomic E-state index is 0. The summed E-state index contributed by atoms with van der Waals surface area (Å²) in [5.41, 5.74) is 3.09. The van der Waals surface area contributed by atoms with E-state index in [2.05, 4.69) is 49.9 Å². The van der Waals surface area contributed by atoms with Crippen molar-refractivity contribution < 1.29 is 28.9 Å². The lowest BCUT2D eigenvalue weighted by atomic mass is 10.1. The first-order valence-corrected chi connectivity index (χ1v) is 11.7. The summed E-state index contributed by atoms with van der Waals surface area (Å²) in [5, 5.41) is 9.36. The molecule has 2 aromatic rings. The van der Waals surface area contributed by atoms with Crippen LogP contribution in [0.4, 0.5) is 0 Å². The normalized spacial score (nSPS) is 9.41. The maximum Gasteiger partial charge on any atom is 0.188 e. The Kier molecular flexibility index (Phi) is 18.2. The number of phenolic OH excluding ortho intramolecular Hbond substituents is 1. The van der Waals surface area contributed by atoms with E-state index in [-0.39, 0.29) is 31.5 Å². The molecule has 32 heavy (non-hydrogen) atoms. The summed E-state index contributed by atoms with van der Waals surface area (Å²) in [6.45, 7) is 7.00. The topological polar surface area (TPSA) is 82.1 Å². The molecule has 9 heteroatoms. The molecule has 1 N–H and O–H groups in total. The smallest absolute Gasteiger partial charge is 0.188 e. The van der Waals surface area contributed by atoms with Gasteiger partial charge in [-0.2, -0.15) is 0 Å². The van der Waals surface area contributed by atoms with Gasteiger partial charge in [-0.3, -0.25) is 9.59 Å². The number of ketones is 2. The van der Waals surface area contributed by atoms with E-state index < -0.39 is 0 Å². The van der Waals surface area contributed by atoms with Crippen LogP contribution < -0.4 is 4.74 Å². The highest BCUT2D eigenvalue weighted by Gasteiger charge is 2.11. The maximum absolute atomic E-state index is 11.4. The molecule has 2 aromatic carbocycles. The first kappa shape index (κ1) is 33.2. The molecule has 0 aliphatic heterocycles. The van der Waals surface area contributed by atoms with Crippen molar-refractivity contribution in [1.29, 1.82) is 0 Å². The minimum Gasteiger partial charge on any atom is -0.507 e. The van der Waals surface area contributed by atoms with Gasteiger partial charge in [0.05, 0.1) is 11.1 Å². The lowest BCUT2D eigenvalue weighted by Gasteiger charge is -2.10. The third-order valence-electron chi connectivity index (χ3n) is 3.74. The first-order chi connectivity index (χ1) is 14.5. The van der Waals surface area contributed by atoms with Crippen molar-refractivity contribution in [3.05, 3.63) is 53.7 Å². The average molecular weight is 693 g/mol. The molecule has 0 unspecified atom stereocenters. The van der Waals surface area contributed by atoms with Crippen LogP contribution in [0.15, 0.2) is 24.3 Å². The number of carbonyl (C=O) groups excluding carboxylic acids is 2. The number of ether oxygens (including phenoxy) is 3. The molecule has 0 fully saturated rings. The largest absolute Gasteiger partial charge is 0.507 e. The van der Waals surface area contributed by atoms with Gasteiger partial charge in [-0.1, -0.05) is 19.0 Å². The van der Waals surface area contributed by atoms with E-state index in [0.29, 0.717) is 22.9 Å². The molecular weight excluding hydrogens is 662 g/mol. The van der Waals surface area contributed by atoms with Gasteiger partial charge in [-0.15, -0.1) is 0 Å². The van der Waals surface area contributed by atoms with Crippen molar-refractivity contribution in [2.45, 2.75) is 35.1 Å². The molecule has 0 amide bonds. The van der Waals surface area contributed by atoms with Crippen molar-refractivity contribution in [3.8, 4) is 11.5 Å². The van der Waals surface area contributed by atoms with Crippen LogP contribution >= 0.6 is 56.8 Å². The predicted octanol–water partition coefficient (Wildman–Crippen LogP) is 6.76. The van der Waals surface area contributed by atoms with Gasteiger partial charge in [0.2, 0.25) is 0 Å². The highest BCUT2D eigenvalue weighted by molar-refractivity contribution is 14.1. The second-order valence-corrected chi connectivity index (χ2v) is 8.82. The summed E-state index contributed by atoms with van der Waals surface area (Å²) in [6.07, 6.45) is 0. The van der Waals surface area contributed by atoms with Crippen molar-refractivity contribution >= 4 is 68.3 Å². The summed E-state index contributed by atoms with van der Waals surface area (Å²) < 4.78 is 16.5. The van der Waals surface area contributed by atoms with Crippen LogP contribution in [-0.4, -0.2) is 43.8 Å². The van der Waals surface area contributed by atoms with Crippen LogP contribution in [0.25, 0.3) is 0 Å². The zero-order valence-electron chi connectivity index (χ0n) is 18.3. The van der Waals surface area contributed by atoms with Crippen LogP contribution in [0.1, 0.15) is 53.1 Å². The summed E-state index contributed by atoms with van der Waals surface area (Å²) in [4.78, 5) is 22.3. The zero-order chi connectivity index (χ0) is 24.1. The number of hydrogen-bond acceptors (Lipinski definition) is 6. The van der Waals surface area contributed by atoms with Gasteiger partial charge in [-0.05, 0) is 108 Å². The zero-order valence-corrected chi connectivity index (χ0v) is 23.4. The molecule has 0 aromatic heterocycles. The number of methoxy groups -OCH3 is 2. The number of aromatic hydroxyl groups is 1. The Morgan fingerprint density at radius 1 is 0.906 bits per heavy atom. The lowest BCUT2D eigenvalue weighted by Crippen LogP contribution is -2.05. The van der Waals surface area contributed by atoms with Crippen LogP contribution in [-0.2, 0) is 9.47 Å².